The van der Waals surface area contributed by atoms with Crippen molar-refractivity contribution in [2.75, 3.05) is 0 Å². The lowest BCUT2D eigenvalue weighted by molar-refractivity contribution is 0.441. The average molecular weight is 200 g/mol. The molecule has 3 heteroatoms. The zero-order chi connectivity index (χ0) is 10.5. The Labute approximate surface area is 88.7 Å². The molecule has 15 heavy (non-hydrogen) atoms. The molecule has 2 rings (SSSR count). The molecule has 0 aliphatic heterocycles. The Bertz CT molecular complexity index is 409. The molecule has 0 atom stereocenters. The van der Waals surface area contributed by atoms with Gasteiger partial charge in [0.2, 0.25) is 0 Å². The first-order valence-electron chi connectivity index (χ1n) is 5.02. The maximum absolute atomic E-state index is 10.8. The molecule has 76 valence electrons. The van der Waals surface area contributed by atoms with Crippen LogP contribution in [0.15, 0.2) is 58.9 Å². The summed E-state index contributed by atoms with van der Waals surface area (Å²) < 4.78 is 0. The summed E-state index contributed by atoms with van der Waals surface area (Å²) in [6.45, 7) is 0. The number of hydrogen-bond acceptors (Lipinski definition) is 2. The molecule has 0 saturated heterocycles. The monoisotopic (exact) mass is 200 g/mol. The topological polar surface area (TPSA) is 32.7 Å². The predicted octanol–water partition coefficient (Wildman–Crippen LogP) is 3.20. The largest absolute Gasteiger partial charge is 0.194 e. The molecule has 0 bridgehead atoms. The van der Waals surface area contributed by atoms with Crippen LogP contribution in [-0.2, 0) is 0 Å². The fourth-order valence-electron chi connectivity index (χ4n) is 1.61. The summed E-state index contributed by atoms with van der Waals surface area (Å²) in [7, 11) is 0. The molecule has 0 radical (unpaired) electrons. The zero-order valence-corrected chi connectivity index (χ0v) is 8.39. The van der Waals surface area contributed by atoms with Gasteiger partial charge in [0.15, 0.2) is 0 Å². The highest BCUT2D eigenvalue weighted by atomic mass is 16.3. The molecule has 0 fully saturated rings. The standard InChI is InChI=1S/C12H12N2O/c15-13-14(11-7-3-1-4-8-11)12-9-5-2-6-10-12/h1,3,5-7,9H,2,4,8H2. The molecular weight excluding hydrogens is 188 g/mol. The van der Waals surface area contributed by atoms with Gasteiger partial charge in [0.1, 0.15) is 5.70 Å². The maximum Gasteiger partial charge on any atom is 0.109 e. The van der Waals surface area contributed by atoms with Gasteiger partial charge in [0.25, 0.3) is 0 Å². The van der Waals surface area contributed by atoms with E-state index in [1.165, 1.54) is 5.01 Å². The van der Waals surface area contributed by atoms with E-state index in [1.807, 2.05) is 30.4 Å². The van der Waals surface area contributed by atoms with Crippen LogP contribution in [0.5, 0.6) is 0 Å². The molecule has 2 aliphatic carbocycles. The maximum atomic E-state index is 10.8. The van der Waals surface area contributed by atoms with Crippen LogP contribution < -0.4 is 0 Å². The molecule has 0 unspecified atom stereocenters. The van der Waals surface area contributed by atoms with Crippen molar-refractivity contribution in [2.24, 2.45) is 5.29 Å². The van der Waals surface area contributed by atoms with Gasteiger partial charge >= 0.3 is 0 Å². The van der Waals surface area contributed by atoms with Crippen molar-refractivity contribution in [2.45, 2.75) is 19.3 Å². The fourth-order valence-corrected chi connectivity index (χ4v) is 1.61. The summed E-state index contributed by atoms with van der Waals surface area (Å²) >= 11 is 0. The summed E-state index contributed by atoms with van der Waals surface area (Å²) in [5.41, 5.74) is 4.69. The third kappa shape index (κ3) is 2.14. The van der Waals surface area contributed by atoms with Crippen LogP contribution in [0.2, 0.25) is 0 Å². The van der Waals surface area contributed by atoms with Crippen LogP contribution in [-0.4, -0.2) is 5.01 Å². The van der Waals surface area contributed by atoms with Gasteiger partial charge in [0, 0.05) is 5.70 Å². The molecule has 0 heterocycles. The van der Waals surface area contributed by atoms with Crippen LogP contribution in [0.4, 0.5) is 0 Å². The Hall–Kier alpha value is -1.86. The zero-order valence-electron chi connectivity index (χ0n) is 8.39. The molecular formula is C12H12N2O. The third-order valence-electron chi connectivity index (χ3n) is 2.35. The number of rotatable bonds is 3. The van der Waals surface area contributed by atoms with Crippen molar-refractivity contribution in [3.63, 3.8) is 0 Å². The second-order valence-corrected chi connectivity index (χ2v) is 3.39. The van der Waals surface area contributed by atoms with E-state index < -0.39 is 0 Å². The number of nitroso groups, excluding NO2 is 1. The Kier molecular flexibility index (Phi) is 2.96. The highest BCUT2D eigenvalue weighted by Gasteiger charge is 2.14. The summed E-state index contributed by atoms with van der Waals surface area (Å²) in [4.78, 5) is 10.8. The van der Waals surface area contributed by atoms with Crippen molar-refractivity contribution in [3.8, 4) is 0 Å². The first kappa shape index (κ1) is 9.69. The molecule has 0 saturated carbocycles. The average Bonchev–Trinajstić information content (AvgIpc) is 2.33. The van der Waals surface area contributed by atoms with E-state index >= 15 is 0 Å². The minimum absolute atomic E-state index is 0.720. The molecule has 0 aromatic carbocycles. The van der Waals surface area contributed by atoms with E-state index in [-0.39, 0.29) is 0 Å². The second-order valence-electron chi connectivity index (χ2n) is 3.39. The lowest BCUT2D eigenvalue weighted by atomic mass is 10.1. The van der Waals surface area contributed by atoms with Crippen LogP contribution in [0.1, 0.15) is 19.3 Å². The number of hydrogen-bond donors (Lipinski definition) is 0. The minimum Gasteiger partial charge on any atom is -0.194 e. The van der Waals surface area contributed by atoms with E-state index in [2.05, 4.69) is 17.1 Å². The smallest absolute Gasteiger partial charge is 0.109 e. The van der Waals surface area contributed by atoms with E-state index in [1.54, 1.807) is 0 Å². The van der Waals surface area contributed by atoms with Gasteiger partial charge in [-0.3, -0.25) is 0 Å². The van der Waals surface area contributed by atoms with Crippen LogP contribution in [0.25, 0.3) is 0 Å². The highest BCUT2D eigenvalue weighted by molar-refractivity contribution is 5.28. The third-order valence-corrected chi connectivity index (χ3v) is 2.35. The van der Waals surface area contributed by atoms with Crippen molar-refractivity contribution in [1.82, 2.24) is 5.01 Å². The molecule has 2 aliphatic rings. The minimum atomic E-state index is 0.720. The molecule has 0 aromatic rings. The van der Waals surface area contributed by atoms with Gasteiger partial charge in [0.05, 0.1) is 5.29 Å². The van der Waals surface area contributed by atoms with E-state index in [9.17, 15) is 4.91 Å². The molecule has 3 nitrogen and oxygen atoms in total. The molecule has 0 N–H and O–H groups in total. The lowest BCUT2D eigenvalue weighted by Crippen LogP contribution is -2.15. The highest BCUT2D eigenvalue weighted by Crippen LogP contribution is 2.22. The van der Waals surface area contributed by atoms with Gasteiger partial charge in [-0.25, -0.2) is 0 Å². The summed E-state index contributed by atoms with van der Waals surface area (Å²) in [5.74, 6) is 0. The fraction of sp³-hybridized carbons (Fsp3) is 0.250. The molecule has 0 aromatic heterocycles. The lowest BCUT2D eigenvalue weighted by Gasteiger charge is -2.19. The van der Waals surface area contributed by atoms with Gasteiger partial charge in [-0.1, -0.05) is 24.0 Å². The number of allylic oxidation sites excluding steroid dienone is 6. The number of nitrogens with zero attached hydrogens (tertiary/aromatic N) is 2. The van der Waals surface area contributed by atoms with Crippen LogP contribution >= 0.6 is 0 Å². The van der Waals surface area contributed by atoms with Crippen molar-refractivity contribution >= 4 is 0 Å². The van der Waals surface area contributed by atoms with Crippen molar-refractivity contribution in [3.05, 3.63) is 58.5 Å². The summed E-state index contributed by atoms with van der Waals surface area (Å²) in [6, 6.07) is 0. The Morgan fingerprint density at radius 3 is 2.93 bits per heavy atom. The van der Waals surface area contributed by atoms with Crippen LogP contribution in [0.3, 0.4) is 0 Å². The summed E-state index contributed by atoms with van der Waals surface area (Å²) in [6.07, 6.45) is 14.4. The van der Waals surface area contributed by atoms with Gasteiger partial charge in [-0.15, -0.1) is 4.91 Å². The second kappa shape index (κ2) is 4.58. The van der Waals surface area contributed by atoms with Crippen molar-refractivity contribution < 1.29 is 0 Å². The van der Waals surface area contributed by atoms with Gasteiger partial charge < -0.3 is 0 Å². The Morgan fingerprint density at radius 2 is 2.33 bits per heavy atom. The normalized spacial score (nSPS) is 18.4. The first-order valence-corrected chi connectivity index (χ1v) is 5.02. The van der Waals surface area contributed by atoms with Gasteiger partial charge in [-0.2, -0.15) is 5.01 Å². The first-order chi connectivity index (χ1) is 7.42. The van der Waals surface area contributed by atoms with E-state index in [0.717, 1.165) is 30.7 Å². The van der Waals surface area contributed by atoms with Crippen molar-refractivity contribution in [1.29, 1.82) is 0 Å². The molecule has 0 spiro atoms. The van der Waals surface area contributed by atoms with E-state index in [0.29, 0.717) is 0 Å². The summed E-state index contributed by atoms with van der Waals surface area (Å²) in [5, 5.41) is 4.46. The van der Waals surface area contributed by atoms with Gasteiger partial charge in [-0.05, 0) is 37.5 Å². The SMILES string of the molecule is O=NN(C1=C=CCC=C1)C1=CC=CCC1. The Balaban J connectivity index is 2.27. The Morgan fingerprint density at radius 1 is 1.40 bits per heavy atom. The molecule has 0 amide bonds. The quantitative estimate of drug-likeness (QED) is 0.398. The van der Waals surface area contributed by atoms with Crippen LogP contribution in [0, 0.1) is 4.91 Å². The van der Waals surface area contributed by atoms with E-state index in [4.69, 9.17) is 0 Å². The predicted molar refractivity (Wildman–Crippen MR) is 59.4 cm³/mol.